The van der Waals surface area contributed by atoms with Gasteiger partial charge in [0, 0.05) is 38.0 Å². The number of methoxy groups -OCH3 is 1. The van der Waals surface area contributed by atoms with E-state index < -0.39 is 5.41 Å². The van der Waals surface area contributed by atoms with Crippen LogP contribution < -0.4 is 4.74 Å². The fraction of sp³-hybridized carbons (Fsp3) is 0.348. The molecular formula is C23H23ClN2O4. The monoisotopic (exact) mass is 426 g/mol. The Hall–Kier alpha value is -2.86. The molecule has 2 aromatic carbocycles. The van der Waals surface area contributed by atoms with Gasteiger partial charge in [0.2, 0.25) is 17.7 Å². The molecule has 4 rings (SSSR count). The van der Waals surface area contributed by atoms with E-state index in [1.807, 2.05) is 18.2 Å². The number of likely N-dealkylation sites (N-methyl/N-ethyl adjacent to an activating group) is 1. The molecule has 0 radical (unpaired) electrons. The van der Waals surface area contributed by atoms with Crippen molar-refractivity contribution in [2.24, 2.45) is 0 Å². The summed E-state index contributed by atoms with van der Waals surface area (Å²) in [6.07, 6.45) is 0.601. The van der Waals surface area contributed by atoms with Gasteiger partial charge in [0.05, 0.1) is 12.5 Å². The van der Waals surface area contributed by atoms with Crippen LogP contribution in [0.5, 0.6) is 5.75 Å². The minimum absolute atomic E-state index is 0.0172. The molecule has 156 valence electrons. The maximum atomic E-state index is 13.3. The highest BCUT2D eigenvalue weighted by atomic mass is 35.5. The van der Waals surface area contributed by atoms with E-state index in [2.05, 4.69) is 0 Å². The summed E-state index contributed by atoms with van der Waals surface area (Å²) < 4.78 is 5.20. The van der Waals surface area contributed by atoms with Gasteiger partial charge in [-0.1, -0.05) is 35.9 Å². The van der Waals surface area contributed by atoms with E-state index >= 15 is 0 Å². The van der Waals surface area contributed by atoms with Gasteiger partial charge in [0.1, 0.15) is 5.75 Å². The number of nitrogens with zero attached hydrogens (tertiary/aromatic N) is 2. The van der Waals surface area contributed by atoms with Crippen LogP contribution in [0.15, 0.2) is 42.5 Å². The van der Waals surface area contributed by atoms with Crippen LogP contribution in [0, 0.1) is 0 Å². The second kappa shape index (κ2) is 7.76. The summed E-state index contributed by atoms with van der Waals surface area (Å²) in [6, 6.07) is 12.7. The molecule has 2 aliphatic heterocycles. The van der Waals surface area contributed by atoms with Crippen molar-refractivity contribution in [2.45, 2.75) is 31.2 Å². The van der Waals surface area contributed by atoms with Crippen molar-refractivity contribution in [1.29, 1.82) is 0 Å². The molecule has 1 atom stereocenters. The maximum absolute atomic E-state index is 13.3. The van der Waals surface area contributed by atoms with Crippen LogP contribution in [0.3, 0.4) is 0 Å². The summed E-state index contributed by atoms with van der Waals surface area (Å²) in [6.45, 7) is 0.984. The minimum Gasteiger partial charge on any atom is -0.497 e. The van der Waals surface area contributed by atoms with Gasteiger partial charge in [0.25, 0.3) is 0 Å². The van der Waals surface area contributed by atoms with E-state index in [0.717, 1.165) is 16.0 Å². The molecule has 0 spiro atoms. The molecule has 1 saturated heterocycles. The zero-order valence-electron chi connectivity index (χ0n) is 17.0. The fourth-order valence-electron chi connectivity index (χ4n) is 4.41. The first-order valence-corrected chi connectivity index (χ1v) is 10.2. The third-order valence-corrected chi connectivity index (χ3v) is 6.55. The quantitative estimate of drug-likeness (QED) is 0.705. The van der Waals surface area contributed by atoms with E-state index in [9.17, 15) is 14.4 Å². The van der Waals surface area contributed by atoms with E-state index in [4.69, 9.17) is 16.3 Å². The van der Waals surface area contributed by atoms with Crippen LogP contribution >= 0.6 is 11.6 Å². The first kappa shape index (κ1) is 20.4. The molecular weight excluding hydrogens is 404 g/mol. The number of imide groups is 1. The number of amides is 3. The van der Waals surface area contributed by atoms with Crippen molar-refractivity contribution in [3.05, 3.63) is 64.2 Å². The largest absolute Gasteiger partial charge is 0.497 e. The Kier molecular flexibility index (Phi) is 5.28. The summed E-state index contributed by atoms with van der Waals surface area (Å²) in [4.78, 5) is 41.7. The van der Waals surface area contributed by atoms with E-state index in [1.54, 1.807) is 36.3 Å². The third-order valence-electron chi connectivity index (χ3n) is 6.20. The lowest BCUT2D eigenvalue weighted by molar-refractivity contribution is -0.141. The van der Waals surface area contributed by atoms with Gasteiger partial charge in [-0.2, -0.15) is 0 Å². The van der Waals surface area contributed by atoms with Crippen LogP contribution in [0.2, 0.25) is 5.02 Å². The predicted octanol–water partition coefficient (Wildman–Crippen LogP) is 2.95. The number of hydrogen-bond donors (Lipinski definition) is 0. The topological polar surface area (TPSA) is 66.9 Å². The molecule has 30 heavy (non-hydrogen) atoms. The molecule has 0 aromatic heterocycles. The number of ether oxygens (including phenoxy) is 1. The van der Waals surface area contributed by atoms with Crippen LogP contribution in [-0.4, -0.2) is 48.2 Å². The predicted molar refractivity (Wildman–Crippen MR) is 112 cm³/mol. The summed E-state index contributed by atoms with van der Waals surface area (Å²) in [7, 11) is 3.03. The summed E-state index contributed by atoms with van der Waals surface area (Å²) in [5, 5.41) is 0.715. The Morgan fingerprint density at radius 1 is 1.17 bits per heavy atom. The van der Waals surface area contributed by atoms with Crippen molar-refractivity contribution in [1.82, 2.24) is 9.80 Å². The molecule has 0 aliphatic carbocycles. The first-order chi connectivity index (χ1) is 14.4. The highest BCUT2D eigenvalue weighted by Crippen LogP contribution is 2.40. The van der Waals surface area contributed by atoms with Gasteiger partial charge in [-0.15, -0.1) is 0 Å². The Bertz CT molecular complexity index is 1020. The van der Waals surface area contributed by atoms with Crippen molar-refractivity contribution in [3.8, 4) is 5.75 Å². The highest BCUT2D eigenvalue weighted by molar-refractivity contribution is 6.31. The van der Waals surface area contributed by atoms with Crippen LogP contribution in [0.4, 0.5) is 0 Å². The number of fused-ring (bicyclic) bond motifs is 1. The molecule has 0 unspecified atom stereocenters. The van der Waals surface area contributed by atoms with Gasteiger partial charge in [0.15, 0.2) is 0 Å². The highest BCUT2D eigenvalue weighted by Gasteiger charge is 2.53. The molecule has 2 aromatic rings. The van der Waals surface area contributed by atoms with Crippen molar-refractivity contribution < 1.29 is 19.1 Å². The molecule has 1 fully saturated rings. The van der Waals surface area contributed by atoms with E-state index in [1.165, 1.54) is 7.05 Å². The Morgan fingerprint density at radius 3 is 2.53 bits per heavy atom. The number of likely N-dealkylation sites (tertiary alicyclic amines) is 1. The standard InChI is InChI=1S/C23H23ClN2O4/c1-25-20(27)12-23(22(25)29,16-6-8-17(30-2)9-7-16)13-21(28)26-11-10-18-15(14-26)4-3-5-19(18)24/h3-9H,10-14H2,1-2H3/t23-/m0/s1. The van der Waals surface area contributed by atoms with Crippen LogP contribution in [-0.2, 0) is 32.8 Å². The molecule has 2 aliphatic rings. The third kappa shape index (κ3) is 3.35. The van der Waals surface area contributed by atoms with Gasteiger partial charge in [-0.05, 0) is 41.3 Å². The lowest BCUT2D eigenvalue weighted by atomic mass is 9.75. The number of carbonyl (C=O) groups excluding carboxylic acids is 3. The van der Waals surface area contributed by atoms with Crippen molar-refractivity contribution in [2.75, 3.05) is 20.7 Å². The molecule has 0 bridgehead atoms. The van der Waals surface area contributed by atoms with Gasteiger partial charge in [-0.25, -0.2) is 0 Å². The van der Waals surface area contributed by atoms with Crippen molar-refractivity contribution in [3.63, 3.8) is 0 Å². The molecule has 7 heteroatoms. The lowest BCUT2D eigenvalue weighted by Crippen LogP contribution is -2.44. The van der Waals surface area contributed by atoms with Gasteiger partial charge >= 0.3 is 0 Å². The number of halogens is 1. The summed E-state index contributed by atoms with van der Waals surface area (Å²) >= 11 is 6.28. The molecule has 0 N–H and O–H groups in total. The maximum Gasteiger partial charge on any atom is 0.240 e. The van der Waals surface area contributed by atoms with Gasteiger partial charge in [-0.3, -0.25) is 19.3 Å². The Balaban J connectivity index is 1.63. The first-order valence-electron chi connectivity index (χ1n) is 9.85. The van der Waals surface area contributed by atoms with Crippen LogP contribution in [0.1, 0.15) is 29.5 Å². The zero-order chi connectivity index (χ0) is 21.5. The smallest absolute Gasteiger partial charge is 0.240 e. The van der Waals surface area contributed by atoms with E-state index in [0.29, 0.717) is 35.8 Å². The SMILES string of the molecule is COc1ccc([C@@]2(CC(=O)N3CCc4c(Cl)cccc4C3)CC(=O)N(C)C2=O)cc1. The Labute approximate surface area is 180 Å². The van der Waals surface area contributed by atoms with Gasteiger partial charge < -0.3 is 9.64 Å². The normalized spacial score (nSPS) is 21.0. The summed E-state index contributed by atoms with van der Waals surface area (Å²) in [5.74, 6) is -0.117. The van der Waals surface area contributed by atoms with Crippen LogP contribution in [0.25, 0.3) is 0 Å². The molecule has 6 nitrogen and oxygen atoms in total. The average molecular weight is 427 g/mol. The lowest BCUT2D eigenvalue weighted by Gasteiger charge is -2.33. The minimum atomic E-state index is -1.19. The number of carbonyl (C=O) groups is 3. The Morgan fingerprint density at radius 2 is 1.90 bits per heavy atom. The molecule has 3 amide bonds. The number of hydrogen-bond acceptors (Lipinski definition) is 4. The summed E-state index contributed by atoms with van der Waals surface area (Å²) in [5.41, 5.74) is 1.55. The molecule has 2 heterocycles. The second-order valence-electron chi connectivity index (χ2n) is 7.86. The molecule has 0 saturated carbocycles. The second-order valence-corrected chi connectivity index (χ2v) is 8.27. The number of benzene rings is 2. The van der Waals surface area contributed by atoms with E-state index in [-0.39, 0.29) is 30.6 Å². The fourth-order valence-corrected chi connectivity index (χ4v) is 4.70. The van der Waals surface area contributed by atoms with Crippen molar-refractivity contribution >= 4 is 29.3 Å². The average Bonchev–Trinajstić information content (AvgIpc) is 2.98. The zero-order valence-corrected chi connectivity index (χ0v) is 17.7. The number of rotatable bonds is 4.